The highest BCUT2D eigenvalue weighted by Gasteiger charge is 2.15. The van der Waals surface area contributed by atoms with E-state index in [1.807, 2.05) is 18.9 Å². The van der Waals surface area contributed by atoms with E-state index in [1.165, 1.54) is 12.1 Å². The Hall–Kier alpha value is -1.46. The number of likely N-dealkylation sites (N-methyl/N-ethyl adjacent to an activating group) is 1. The van der Waals surface area contributed by atoms with Gasteiger partial charge in [0.1, 0.15) is 12.4 Å². The van der Waals surface area contributed by atoms with Crippen molar-refractivity contribution in [2.45, 2.75) is 11.8 Å². The van der Waals surface area contributed by atoms with Gasteiger partial charge in [0.2, 0.25) is 10.0 Å². The van der Waals surface area contributed by atoms with E-state index < -0.39 is 15.8 Å². The fourth-order valence-electron chi connectivity index (χ4n) is 1.51. The number of nitrogens with one attached hydrogen (secondary N) is 1. The van der Waals surface area contributed by atoms with E-state index >= 15 is 0 Å². The van der Waals surface area contributed by atoms with Gasteiger partial charge in [0.25, 0.3) is 0 Å². The molecule has 0 amide bonds. The first kappa shape index (κ1) is 17.6. The summed E-state index contributed by atoms with van der Waals surface area (Å²) in [5, 5.41) is 8.56. The minimum absolute atomic E-state index is 0.0497. The molecule has 0 aliphatic heterocycles. The minimum Gasteiger partial charge on any atom is -0.384 e. The molecule has 0 aliphatic rings. The summed E-state index contributed by atoms with van der Waals surface area (Å²) >= 11 is 0. The van der Waals surface area contributed by atoms with Crippen LogP contribution in [0.1, 0.15) is 12.5 Å². The van der Waals surface area contributed by atoms with E-state index in [0.717, 1.165) is 12.6 Å². The van der Waals surface area contributed by atoms with Gasteiger partial charge in [-0.25, -0.2) is 17.5 Å². The molecule has 7 heteroatoms. The summed E-state index contributed by atoms with van der Waals surface area (Å²) in [4.78, 5) is 1.81. The van der Waals surface area contributed by atoms with Crippen LogP contribution in [0.5, 0.6) is 0 Å². The van der Waals surface area contributed by atoms with E-state index in [4.69, 9.17) is 5.11 Å². The molecular weight excluding hydrogens is 295 g/mol. The largest absolute Gasteiger partial charge is 0.384 e. The molecule has 0 atom stereocenters. The Morgan fingerprint density at radius 2 is 2.14 bits per heavy atom. The van der Waals surface area contributed by atoms with Gasteiger partial charge in [-0.2, -0.15) is 0 Å². The number of nitrogens with zero attached hydrogens (tertiary/aromatic N) is 1. The molecule has 1 aromatic carbocycles. The van der Waals surface area contributed by atoms with Crippen molar-refractivity contribution in [3.8, 4) is 11.8 Å². The van der Waals surface area contributed by atoms with Crippen molar-refractivity contribution in [2.75, 3.05) is 33.3 Å². The van der Waals surface area contributed by atoms with E-state index in [1.54, 1.807) is 0 Å². The molecule has 0 saturated carbocycles. The molecule has 0 fully saturated rings. The summed E-state index contributed by atoms with van der Waals surface area (Å²) in [6, 6.07) is 3.49. The summed E-state index contributed by atoms with van der Waals surface area (Å²) in [6.07, 6.45) is 0. The zero-order chi connectivity index (χ0) is 15.9. The van der Waals surface area contributed by atoms with Gasteiger partial charge in [-0.15, -0.1) is 0 Å². The number of benzene rings is 1. The highest BCUT2D eigenvalue weighted by Crippen LogP contribution is 2.14. The van der Waals surface area contributed by atoms with Gasteiger partial charge < -0.3 is 10.0 Å². The van der Waals surface area contributed by atoms with Crippen molar-refractivity contribution in [2.24, 2.45) is 0 Å². The zero-order valence-electron chi connectivity index (χ0n) is 12.1. The Kier molecular flexibility index (Phi) is 6.78. The second-order valence-electron chi connectivity index (χ2n) is 4.40. The summed E-state index contributed by atoms with van der Waals surface area (Å²) in [5.74, 6) is 3.99. The fraction of sp³-hybridized carbons (Fsp3) is 0.429. The van der Waals surface area contributed by atoms with E-state index in [0.29, 0.717) is 6.54 Å². The monoisotopic (exact) mass is 314 g/mol. The molecule has 116 valence electrons. The van der Waals surface area contributed by atoms with Crippen molar-refractivity contribution >= 4 is 10.0 Å². The molecule has 1 aromatic rings. The van der Waals surface area contributed by atoms with Crippen LogP contribution < -0.4 is 4.72 Å². The van der Waals surface area contributed by atoms with E-state index in [2.05, 4.69) is 16.6 Å². The molecule has 0 spiro atoms. The molecule has 0 aliphatic carbocycles. The highest BCUT2D eigenvalue weighted by molar-refractivity contribution is 7.89. The fourth-order valence-corrected chi connectivity index (χ4v) is 2.54. The first-order valence-electron chi connectivity index (χ1n) is 6.48. The predicted molar refractivity (Wildman–Crippen MR) is 78.7 cm³/mol. The van der Waals surface area contributed by atoms with E-state index in [-0.39, 0.29) is 23.6 Å². The van der Waals surface area contributed by atoms with Gasteiger partial charge in [-0.3, -0.25) is 0 Å². The lowest BCUT2D eigenvalue weighted by Crippen LogP contribution is -2.32. The lowest BCUT2D eigenvalue weighted by atomic mass is 10.2. The minimum atomic E-state index is -3.74. The van der Waals surface area contributed by atoms with Gasteiger partial charge in [-0.05, 0) is 31.8 Å². The van der Waals surface area contributed by atoms with Crippen LogP contribution in [0.15, 0.2) is 23.1 Å². The summed E-state index contributed by atoms with van der Waals surface area (Å²) in [6.45, 7) is 3.22. The Balaban J connectivity index is 2.82. The van der Waals surface area contributed by atoms with Gasteiger partial charge in [-0.1, -0.05) is 18.8 Å². The molecule has 5 nitrogen and oxygen atoms in total. The Bertz CT molecular complexity index is 635. The van der Waals surface area contributed by atoms with Gasteiger partial charge in [0.05, 0.1) is 10.5 Å². The molecular formula is C14H19FN2O3S. The number of rotatable bonds is 6. The van der Waals surface area contributed by atoms with Gasteiger partial charge in [0, 0.05) is 13.1 Å². The molecule has 0 heterocycles. The summed E-state index contributed by atoms with van der Waals surface area (Å²) in [7, 11) is -1.86. The van der Waals surface area contributed by atoms with Crippen LogP contribution in [-0.2, 0) is 10.0 Å². The Labute approximate surface area is 124 Å². The average molecular weight is 314 g/mol. The normalized spacial score (nSPS) is 11.3. The third-order valence-electron chi connectivity index (χ3n) is 2.88. The first-order chi connectivity index (χ1) is 9.90. The standard InChI is InChI=1S/C14H19FN2O3S/c1-3-17(2)9-8-16-21(19,20)13-7-6-12(5-4-10-18)14(15)11-13/h6-7,11,16,18H,3,8-10H2,1-2H3. The maximum Gasteiger partial charge on any atom is 0.240 e. The highest BCUT2D eigenvalue weighted by atomic mass is 32.2. The van der Waals surface area contributed by atoms with Crippen molar-refractivity contribution < 1.29 is 17.9 Å². The zero-order valence-corrected chi connectivity index (χ0v) is 12.9. The lowest BCUT2D eigenvalue weighted by molar-refractivity contribution is 0.350. The van der Waals surface area contributed by atoms with Crippen LogP contribution >= 0.6 is 0 Å². The second kappa shape index (κ2) is 8.10. The van der Waals surface area contributed by atoms with Crippen LogP contribution in [-0.4, -0.2) is 51.7 Å². The number of halogens is 1. The maximum absolute atomic E-state index is 13.7. The molecule has 2 N–H and O–H groups in total. The molecule has 0 aromatic heterocycles. The summed E-state index contributed by atoms with van der Waals surface area (Å²) in [5.41, 5.74) is 0.0497. The van der Waals surface area contributed by atoms with E-state index in [9.17, 15) is 12.8 Å². The third kappa shape index (κ3) is 5.44. The average Bonchev–Trinajstić information content (AvgIpc) is 2.45. The van der Waals surface area contributed by atoms with Crippen molar-refractivity contribution in [1.29, 1.82) is 0 Å². The van der Waals surface area contributed by atoms with Crippen LogP contribution in [0.3, 0.4) is 0 Å². The molecule has 21 heavy (non-hydrogen) atoms. The Morgan fingerprint density at radius 3 is 2.71 bits per heavy atom. The van der Waals surface area contributed by atoms with Crippen LogP contribution in [0.4, 0.5) is 4.39 Å². The molecule has 1 rings (SSSR count). The van der Waals surface area contributed by atoms with Crippen LogP contribution in [0, 0.1) is 17.7 Å². The topological polar surface area (TPSA) is 69.6 Å². The molecule has 0 saturated heterocycles. The summed E-state index contributed by atoms with van der Waals surface area (Å²) < 4.78 is 40.2. The maximum atomic E-state index is 13.7. The number of hydrogen-bond donors (Lipinski definition) is 2. The SMILES string of the molecule is CCN(C)CCNS(=O)(=O)c1ccc(C#CCO)c(F)c1. The molecule has 0 bridgehead atoms. The lowest BCUT2D eigenvalue weighted by Gasteiger charge is -2.14. The van der Waals surface area contributed by atoms with Crippen LogP contribution in [0.25, 0.3) is 0 Å². The number of sulfonamides is 1. The van der Waals surface area contributed by atoms with Crippen molar-refractivity contribution in [1.82, 2.24) is 9.62 Å². The molecule has 0 unspecified atom stereocenters. The second-order valence-corrected chi connectivity index (χ2v) is 6.16. The smallest absolute Gasteiger partial charge is 0.240 e. The number of hydrogen-bond acceptors (Lipinski definition) is 4. The quantitative estimate of drug-likeness (QED) is 0.746. The van der Waals surface area contributed by atoms with Crippen molar-refractivity contribution in [3.05, 3.63) is 29.6 Å². The van der Waals surface area contributed by atoms with Gasteiger partial charge in [0.15, 0.2) is 0 Å². The molecule has 0 radical (unpaired) electrons. The van der Waals surface area contributed by atoms with Crippen LogP contribution in [0.2, 0.25) is 0 Å². The Morgan fingerprint density at radius 1 is 1.43 bits per heavy atom. The third-order valence-corrected chi connectivity index (χ3v) is 4.34. The first-order valence-corrected chi connectivity index (χ1v) is 7.96. The number of aliphatic hydroxyl groups excluding tert-OH is 1. The van der Waals surface area contributed by atoms with Gasteiger partial charge >= 0.3 is 0 Å². The predicted octanol–water partition coefficient (Wildman–Crippen LogP) is 0.399. The number of aliphatic hydroxyl groups is 1. The van der Waals surface area contributed by atoms with Crippen molar-refractivity contribution in [3.63, 3.8) is 0 Å².